The first kappa shape index (κ1) is 15.7. The predicted molar refractivity (Wildman–Crippen MR) is 73.8 cm³/mol. The van der Waals surface area contributed by atoms with Crippen LogP contribution in [0.1, 0.15) is 45.4 Å². The van der Waals surface area contributed by atoms with E-state index in [-0.39, 0.29) is 30.5 Å². The summed E-state index contributed by atoms with van der Waals surface area (Å²) in [5.74, 6) is 0.0586. The minimum Gasteiger partial charge on any atom is -0.364 e. The molecular weight excluding hydrogens is 252 g/mol. The Morgan fingerprint density at radius 2 is 2.17 bits per heavy atom. The predicted octanol–water partition coefficient (Wildman–Crippen LogP) is 1.61. The van der Waals surface area contributed by atoms with Crippen LogP contribution in [0.15, 0.2) is 0 Å². The number of hydrogen-bond donors (Lipinski definition) is 2. The number of carbonyl (C=O) groups is 1. The van der Waals surface area contributed by atoms with Crippen molar-refractivity contribution in [2.75, 3.05) is 13.1 Å². The molecule has 1 saturated heterocycles. The fourth-order valence-corrected chi connectivity index (χ4v) is 2.68. The largest absolute Gasteiger partial charge is 0.364 e. The first-order chi connectivity index (χ1) is 8.19. The Hall–Kier alpha value is -0.320. The van der Waals surface area contributed by atoms with Crippen molar-refractivity contribution in [1.29, 1.82) is 0 Å². The van der Waals surface area contributed by atoms with Gasteiger partial charge < -0.3 is 15.8 Å². The topological polar surface area (TPSA) is 64.4 Å². The Morgan fingerprint density at radius 1 is 1.44 bits per heavy atom. The molecule has 0 spiro atoms. The summed E-state index contributed by atoms with van der Waals surface area (Å²) in [6.07, 6.45) is 6.49. The Morgan fingerprint density at radius 3 is 2.67 bits per heavy atom. The van der Waals surface area contributed by atoms with Crippen LogP contribution in [0.4, 0.5) is 0 Å². The monoisotopic (exact) mass is 276 g/mol. The lowest BCUT2D eigenvalue weighted by molar-refractivity contribution is -0.132. The van der Waals surface area contributed by atoms with Gasteiger partial charge in [0, 0.05) is 13.1 Å². The van der Waals surface area contributed by atoms with E-state index in [9.17, 15) is 4.79 Å². The van der Waals surface area contributed by atoms with E-state index in [2.05, 4.69) is 12.2 Å². The highest BCUT2D eigenvalue weighted by Crippen LogP contribution is 2.48. The van der Waals surface area contributed by atoms with Crippen molar-refractivity contribution in [3.63, 3.8) is 0 Å². The third kappa shape index (κ3) is 3.84. The van der Waals surface area contributed by atoms with Gasteiger partial charge in [-0.15, -0.1) is 12.4 Å². The molecule has 5 heteroatoms. The second-order valence-electron chi connectivity index (χ2n) is 5.53. The molecule has 18 heavy (non-hydrogen) atoms. The van der Waals surface area contributed by atoms with Crippen molar-refractivity contribution in [2.24, 2.45) is 11.1 Å². The fourth-order valence-electron chi connectivity index (χ4n) is 2.68. The van der Waals surface area contributed by atoms with Gasteiger partial charge in [-0.1, -0.05) is 13.3 Å². The van der Waals surface area contributed by atoms with Crippen LogP contribution in [0, 0.1) is 5.41 Å². The highest BCUT2D eigenvalue weighted by Gasteiger charge is 2.42. The molecule has 2 aliphatic rings. The van der Waals surface area contributed by atoms with E-state index in [1.165, 1.54) is 25.7 Å². The molecule has 2 atom stereocenters. The maximum Gasteiger partial charge on any atom is 0.249 e. The Labute approximate surface area is 115 Å². The second-order valence-corrected chi connectivity index (χ2v) is 5.53. The highest BCUT2D eigenvalue weighted by molar-refractivity contribution is 5.85. The molecule has 0 aromatic carbocycles. The first-order valence-corrected chi connectivity index (χ1v) is 6.82. The van der Waals surface area contributed by atoms with Gasteiger partial charge >= 0.3 is 0 Å². The fraction of sp³-hybridized carbons (Fsp3) is 0.923. The molecule has 0 aromatic heterocycles. The zero-order valence-electron chi connectivity index (χ0n) is 11.1. The molecule has 0 radical (unpaired) electrons. The molecule has 2 rings (SSSR count). The van der Waals surface area contributed by atoms with Gasteiger partial charge in [0.15, 0.2) is 0 Å². The lowest BCUT2D eigenvalue weighted by atomic mass is 10.0. The van der Waals surface area contributed by atoms with Crippen molar-refractivity contribution in [2.45, 2.75) is 57.7 Å². The zero-order valence-corrected chi connectivity index (χ0v) is 11.9. The number of nitrogens with two attached hydrogens (primary N) is 1. The third-order valence-corrected chi connectivity index (χ3v) is 4.04. The average molecular weight is 277 g/mol. The summed E-state index contributed by atoms with van der Waals surface area (Å²) >= 11 is 0. The molecule has 4 nitrogen and oxygen atoms in total. The molecular formula is C13H25ClN2O2. The van der Waals surface area contributed by atoms with Gasteiger partial charge in [0.05, 0.1) is 6.10 Å². The van der Waals surface area contributed by atoms with Crippen LogP contribution in [0.5, 0.6) is 0 Å². The van der Waals surface area contributed by atoms with E-state index in [1.807, 2.05) is 0 Å². The minimum absolute atomic E-state index is 0. The molecule has 1 amide bonds. The summed E-state index contributed by atoms with van der Waals surface area (Å²) in [4.78, 5) is 11.9. The smallest absolute Gasteiger partial charge is 0.249 e. The lowest BCUT2D eigenvalue weighted by Gasteiger charge is -2.17. The van der Waals surface area contributed by atoms with Gasteiger partial charge in [-0.25, -0.2) is 0 Å². The standard InChI is InChI=1S/C13H24N2O2.ClH/c1-2-5-13(6-7-13)9-15-12(16)11-4-3-10(8-14)17-11;/h10-11H,2-9,14H2,1H3,(H,15,16);1H/t10-,11+;/m1./s1. The van der Waals surface area contributed by atoms with Crippen LogP contribution in [0.3, 0.4) is 0 Å². The van der Waals surface area contributed by atoms with Gasteiger partial charge in [-0.05, 0) is 37.5 Å². The van der Waals surface area contributed by atoms with Crippen molar-refractivity contribution < 1.29 is 9.53 Å². The zero-order chi connectivity index (χ0) is 12.3. The maximum absolute atomic E-state index is 11.9. The van der Waals surface area contributed by atoms with Crippen LogP contribution in [0.2, 0.25) is 0 Å². The van der Waals surface area contributed by atoms with E-state index in [0.717, 1.165) is 19.4 Å². The van der Waals surface area contributed by atoms with Crippen LogP contribution in [0.25, 0.3) is 0 Å². The first-order valence-electron chi connectivity index (χ1n) is 6.82. The number of halogens is 1. The lowest BCUT2D eigenvalue weighted by Crippen LogP contribution is -2.38. The van der Waals surface area contributed by atoms with Gasteiger partial charge in [0.1, 0.15) is 6.10 Å². The molecule has 1 heterocycles. The number of ether oxygens (including phenoxy) is 1. The molecule has 3 N–H and O–H groups in total. The number of rotatable bonds is 6. The van der Waals surface area contributed by atoms with Crippen LogP contribution < -0.4 is 11.1 Å². The molecule has 0 bridgehead atoms. The van der Waals surface area contributed by atoms with Crippen molar-refractivity contribution in [3.05, 3.63) is 0 Å². The number of carbonyl (C=O) groups excluding carboxylic acids is 1. The van der Waals surface area contributed by atoms with Gasteiger partial charge in [0.25, 0.3) is 0 Å². The summed E-state index contributed by atoms with van der Waals surface area (Å²) in [5.41, 5.74) is 5.95. The molecule has 1 aliphatic heterocycles. The van der Waals surface area contributed by atoms with Crippen LogP contribution in [-0.4, -0.2) is 31.2 Å². The second kappa shape index (κ2) is 6.73. The van der Waals surface area contributed by atoms with Gasteiger partial charge in [-0.2, -0.15) is 0 Å². The third-order valence-electron chi connectivity index (χ3n) is 4.04. The molecule has 0 aromatic rings. The van der Waals surface area contributed by atoms with E-state index >= 15 is 0 Å². The Kier molecular flexibility index (Phi) is 5.89. The molecule has 1 saturated carbocycles. The molecule has 0 unspecified atom stereocenters. The van der Waals surface area contributed by atoms with Crippen molar-refractivity contribution in [3.8, 4) is 0 Å². The summed E-state index contributed by atoms with van der Waals surface area (Å²) in [6, 6.07) is 0. The van der Waals surface area contributed by atoms with E-state index < -0.39 is 0 Å². The van der Waals surface area contributed by atoms with Crippen LogP contribution in [-0.2, 0) is 9.53 Å². The number of amides is 1. The summed E-state index contributed by atoms with van der Waals surface area (Å²) in [6.45, 7) is 3.55. The maximum atomic E-state index is 11.9. The Bertz CT molecular complexity index is 282. The van der Waals surface area contributed by atoms with Crippen LogP contribution >= 0.6 is 12.4 Å². The number of hydrogen-bond acceptors (Lipinski definition) is 3. The normalized spacial score (nSPS) is 28.6. The molecule has 2 fully saturated rings. The van der Waals surface area contributed by atoms with E-state index in [4.69, 9.17) is 10.5 Å². The summed E-state index contributed by atoms with van der Waals surface area (Å²) < 4.78 is 5.58. The number of nitrogens with one attached hydrogen (secondary N) is 1. The van der Waals surface area contributed by atoms with Crippen molar-refractivity contribution >= 4 is 18.3 Å². The Balaban J connectivity index is 0.00000162. The molecule has 106 valence electrons. The van der Waals surface area contributed by atoms with E-state index in [0.29, 0.717) is 12.0 Å². The quantitative estimate of drug-likeness (QED) is 0.775. The summed E-state index contributed by atoms with van der Waals surface area (Å²) in [5, 5.41) is 3.05. The summed E-state index contributed by atoms with van der Waals surface area (Å²) in [7, 11) is 0. The SMILES string of the molecule is CCCC1(CNC(=O)[C@@H]2CC[C@H](CN)O2)CC1.Cl. The minimum atomic E-state index is -0.263. The van der Waals surface area contributed by atoms with Gasteiger partial charge in [0.2, 0.25) is 5.91 Å². The van der Waals surface area contributed by atoms with Crippen molar-refractivity contribution in [1.82, 2.24) is 5.32 Å². The van der Waals surface area contributed by atoms with E-state index in [1.54, 1.807) is 0 Å². The highest BCUT2D eigenvalue weighted by atomic mass is 35.5. The average Bonchev–Trinajstić information content (AvgIpc) is 2.93. The van der Waals surface area contributed by atoms with Gasteiger partial charge in [-0.3, -0.25) is 4.79 Å². The molecule has 1 aliphatic carbocycles.